The van der Waals surface area contributed by atoms with Crippen molar-refractivity contribution in [2.24, 2.45) is 0 Å². The molecule has 0 saturated carbocycles. The van der Waals surface area contributed by atoms with Crippen LogP contribution in [0.3, 0.4) is 0 Å². The van der Waals surface area contributed by atoms with Gasteiger partial charge in [-0.3, -0.25) is 4.79 Å². The van der Waals surface area contributed by atoms with Crippen molar-refractivity contribution in [2.75, 3.05) is 38.7 Å². The Hall–Kier alpha value is -2.70. The van der Waals surface area contributed by atoms with Gasteiger partial charge in [-0.25, -0.2) is 26.0 Å². The molecule has 1 aliphatic rings. The number of morpholine rings is 1. The summed E-state index contributed by atoms with van der Waals surface area (Å²) < 4.78 is 90.8. The van der Waals surface area contributed by atoms with E-state index in [0.717, 1.165) is 6.07 Å². The molecule has 1 N–H and O–H groups in total. The molecule has 1 aliphatic heterocycles. The van der Waals surface area contributed by atoms with Crippen molar-refractivity contribution in [2.45, 2.75) is 4.90 Å². The van der Waals surface area contributed by atoms with Crippen LogP contribution in [0.4, 0.5) is 23.2 Å². The second-order valence-electron chi connectivity index (χ2n) is 6.18. The molecule has 3 rings (SSSR count). The van der Waals surface area contributed by atoms with Gasteiger partial charge in [-0.2, -0.15) is 4.31 Å². The zero-order chi connectivity index (χ0) is 22.1. The van der Waals surface area contributed by atoms with Crippen molar-refractivity contribution < 1.29 is 40.2 Å². The minimum absolute atomic E-state index is 0.00717. The maximum atomic E-state index is 13.9. The maximum Gasteiger partial charge on any atom is 0.258 e. The maximum absolute atomic E-state index is 13.9. The molecule has 0 unspecified atom stereocenters. The first-order valence-electron chi connectivity index (χ1n) is 8.57. The molecule has 1 fully saturated rings. The quantitative estimate of drug-likeness (QED) is 0.432. The lowest BCUT2D eigenvalue weighted by atomic mass is 10.1. The summed E-state index contributed by atoms with van der Waals surface area (Å²) in [6.45, 7) is 0.713. The van der Waals surface area contributed by atoms with Crippen LogP contribution in [0.25, 0.3) is 0 Å². The number of hydrogen-bond acceptors (Lipinski definition) is 5. The van der Waals surface area contributed by atoms with Crippen LogP contribution in [-0.4, -0.2) is 52.0 Å². The van der Waals surface area contributed by atoms with E-state index in [9.17, 15) is 30.8 Å². The van der Waals surface area contributed by atoms with Gasteiger partial charge < -0.3 is 14.8 Å². The lowest BCUT2D eigenvalue weighted by Gasteiger charge is -2.26. The Kier molecular flexibility index (Phi) is 6.29. The van der Waals surface area contributed by atoms with E-state index in [2.05, 4.69) is 5.32 Å². The normalized spacial score (nSPS) is 15.1. The van der Waals surface area contributed by atoms with Crippen LogP contribution >= 0.6 is 0 Å². The fraction of sp³-hybridized carbons (Fsp3) is 0.278. The van der Waals surface area contributed by atoms with E-state index >= 15 is 0 Å². The largest absolute Gasteiger partial charge is 0.495 e. The number of nitrogens with one attached hydrogen (secondary N) is 1. The van der Waals surface area contributed by atoms with Gasteiger partial charge in [0.1, 0.15) is 5.75 Å². The van der Waals surface area contributed by atoms with Gasteiger partial charge in [-0.15, -0.1) is 0 Å². The topological polar surface area (TPSA) is 84.9 Å². The predicted molar refractivity (Wildman–Crippen MR) is 96.8 cm³/mol. The molecule has 2 aromatic carbocycles. The summed E-state index contributed by atoms with van der Waals surface area (Å²) in [5.41, 5.74) is -1.30. The molecule has 30 heavy (non-hydrogen) atoms. The summed E-state index contributed by atoms with van der Waals surface area (Å²) in [7, 11) is -2.70. The molecule has 1 heterocycles. The van der Waals surface area contributed by atoms with Crippen LogP contribution in [0.15, 0.2) is 29.2 Å². The SMILES string of the molecule is COc1ccc(S(=O)(=O)N2CCOCC2)cc1NC(=O)c1cc(F)c(F)c(F)c1F. The average molecular weight is 448 g/mol. The molecule has 0 aliphatic carbocycles. The predicted octanol–water partition coefficient (Wildman–Crippen LogP) is 2.52. The Bertz CT molecular complexity index is 1090. The average Bonchev–Trinajstić information content (AvgIpc) is 2.75. The van der Waals surface area contributed by atoms with E-state index < -0.39 is 44.8 Å². The summed E-state index contributed by atoms with van der Waals surface area (Å²) in [6, 6.07) is 3.77. The first-order valence-corrected chi connectivity index (χ1v) is 10.0. The van der Waals surface area contributed by atoms with Gasteiger partial charge in [0.15, 0.2) is 23.3 Å². The summed E-state index contributed by atoms with van der Waals surface area (Å²) in [4.78, 5) is 12.1. The number of benzene rings is 2. The molecule has 0 atom stereocenters. The van der Waals surface area contributed by atoms with Crippen molar-refractivity contribution in [3.63, 3.8) is 0 Å². The number of carbonyl (C=O) groups is 1. The minimum atomic E-state index is -3.93. The van der Waals surface area contributed by atoms with Crippen molar-refractivity contribution in [1.29, 1.82) is 0 Å². The highest BCUT2D eigenvalue weighted by atomic mass is 32.2. The van der Waals surface area contributed by atoms with Crippen LogP contribution in [0.5, 0.6) is 5.75 Å². The molecular weight excluding hydrogens is 432 g/mol. The van der Waals surface area contributed by atoms with Crippen LogP contribution in [0.2, 0.25) is 0 Å². The fourth-order valence-electron chi connectivity index (χ4n) is 2.81. The summed E-state index contributed by atoms with van der Waals surface area (Å²) in [6.07, 6.45) is 0. The molecule has 0 radical (unpaired) electrons. The second kappa shape index (κ2) is 8.58. The Morgan fingerprint density at radius 2 is 1.73 bits per heavy atom. The van der Waals surface area contributed by atoms with Gasteiger partial charge in [0.25, 0.3) is 5.91 Å². The standard InChI is InChI=1S/C18H16F4N2O5S/c1-28-14-3-2-10(30(26,27)24-4-6-29-7-5-24)8-13(14)23-18(25)11-9-12(19)16(21)17(22)15(11)20/h2-3,8-9H,4-7H2,1H3,(H,23,25). The van der Waals surface area contributed by atoms with Crippen LogP contribution in [0, 0.1) is 23.3 Å². The monoisotopic (exact) mass is 448 g/mol. The fourth-order valence-corrected chi connectivity index (χ4v) is 4.24. The number of nitrogens with zero attached hydrogens (tertiary/aromatic N) is 1. The smallest absolute Gasteiger partial charge is 0.258 e. The van der Waals surface area contributed by atoms with Crippen molar-refractivity contribution in [1.82, 2.24) is 4.31 Å². The first kappa shape index (κ1) is 22.0. The van der Waals surface area contributed by atoms with Crippen molar-refractivity contribution >= 4 is 21.6 Å². The summed E-state index contributed by atoms with van der Waals surface area (Å²) in [5.74, 6) is -9.16. The number of carbonyl (C=O) groups excluding carboxylic acids is 1. The van der Waals surface area contributed by atoms with E-state index in [1.165, 1.54) is 23.5 Å². The van der Waals surface area contributed by atoms with Gasteiger partial charge in [0.05, 0.1) is 36.5 Å². The number of ether oxygens (including phenoxy) is 2. The zero-order valence-corrected chi connectivity index (χ0v) is 16.4. The number of amides is 1. The molecule has 1 saturated heterocycles. The highest BCUT2D eigenvalue weighted by molar-refractivity contribution is 7.89. The first-order chi connectivity index (χ1) is 14.2. The zero-order valence-electron chi connectivity index (χ0n) is 15.5. The molecule has 162 valence electrons. The van der Waals surface area contributed by atoms with E-state index in [4.69, 9.17) is 9.47 Å². The van der Waals surface area contributed by atoms with E-state index in [1.807, 2.05) is 0 Å². The Labute approximate surface area is 169 Å². The number of sulfonamides is 1. The number of rotatable bonds is 5. The van der Waals surface area contributed by atoms with Gasteiger partial charge in [0, 0.05) is 13.1 Å². The highest BCUT2D eigenvalue weighted by Gasteiger charge is 2.28. The Balaban J connectivity index is 1.96. The van der Waals surface area contributed by atoms with Crippen LogP contribution < -0.4 is 10.1 Å². The molecule has 0 aromatic heterocycles. The molecule has 2 aromatic rings. The number of anilines is 1. The third-order valence-electron chi connectivity index (χ3n) is 4.37. The minimum Gasteiger partial charge on any atom is -0.495 e. The molecule has 1 amide bonds. The molecule has 7 nitrogen and oxygen atoms in total. The van der Waals surface area contributed by atoms with E-state index in [-0.39, 0.29) is 48.7 Å². The van der Waals surface area contributed by atoms with E-state index in [1.54, 1.807) is 0 Å². The summed E-state index contributed by atoms with van der Waals surface area (Å²) >= 11 is 0. The van der Waals surface area contributed by atoms with E-state index in [0.29, 0.717) is 0 Å². The third kappa shape index (κ3) is 4.11. The number of halogens is 4. The lowest BCUT2D eigenvalue weighted by molar-refractivity contribution is 0.0730. The number of methoxy groups -OCH3 is 1. The molecule has 0 spiro atoms. The van der Waals surface area contributed by atoms with Gasteiger partial charge in [0.2, 0.25) is 10.0 Å². The van der Waals surface area contributed by atoms with Crippen LogP contribution in [-0.2, 0) is 14.8 Å². The lowest BCUT2D eigenvalue weighted by Crippen LogP contribution is -2.40. The van der Waals surface area contributed by atoms with Crippen molar-refractivity contribution in [3.05, 3.63) is 53.1 Å². The molecule has 0 bridgehead atoms. The second-order valence-corrected chi connectivity index (χ2v) is 8.12. The third-order valence-corrected chi connectivity index (χ3v) is 6.27. The molecular formula is C18H16F4N2O5S. The highest BCUT2D eigenvalue weighted by Crippen LogP contribution is 2.30. The van der Waals surface area contributed by atoms with Gasteiger partial charge in [-0.1, -0.05) is 0 Å². The summed E-state index contributed by atoms with van der Waals surface area (Å²) in [5, 5.41) is 2.14. The number of hydrogen-bond donors (Lipinski definition) is 1. The molecule has 12 heteroatoms. The van der Waals surface area contributed by atoms with Gasteiger partial charge >= 0.3 is 0 Å². The van der Waals surface area contributed by atoms with Crippen molar-refractivity contribution in [3.8, 4) is 5.75 Å². The van der Waals surface area contributed by atoms with Crippen LogP contribution in [0.1, 0.15) is 10.4 Å². The Morgan fingerprint density at radius 3 is 2.37 bits per heavy atom. The Morgan fingerprint density at radius 1 is 1.07 bits per heavy atom. The van der Waals surface area contributed by atoms with Gasteiger partial charge in [-0.05, 0) is 24.3 Å².